The zero-order valence-electron chi connectivity index (χ0n) is 18.0. The number of nitrogens with one attached hydrogen (secondary N) is 3. The fourth-order valence-corrected chi connectivity index (χ4v) is 4.49. The van der Waals surface area contributed by atoms with E-state index in [1.807, 2.05) is 42.1 Å². The summed E-state index contributed by atoms with van der Waals surface area (Å²) in [5.74, 6) is 0.299. The first-order valence-corrected chi connectivity index (χ1v) is 11.0. The molecule has 9 heteroatoms. The predicted octanol–water partition coefficient (Wildman–Crippen LogP) is 2.43. The number of aryl methyl sites for hydroxylation is 1. The molecule has 164 valence electrons. The van der Waals surface area contributed by atoms with Crippen molar-refractivity contribution in [3.8, 4) is 0 Å². The Kier molecular flexibility index (Phi) is 6.29. The average Bonchev–Trinajstić information content (AvgIpc) is 3.51. The molecule has 0 bridgehead atoms. The fourth-order valence-electron chi connectivity index (χ4n) is 4.49. The number of para-hydroxylation sites is 1. The lowest BCUT2D eigenvalue weighted by Crippen LogP contribution is -2.50. The van der Waals surface area contributed by atoms with Gasteiger partial charge in [-0.1, -0.05) is 49.6 Å². The van der Waals surface area contributed by atoms with Crippen molar-refractivity contribution in [1.29, 1.82) is 0 Å². The minimum absolute atomic E-state index is 0.0447. The molecule has 1 fully saturated rings. The third-order valence-corrected chi connectivity index (χ3v) is 6.15. The molecule has 0 saturated heterocycles. The van der Waals surface area contributed by atoms with E-state index in [0.29, 0.717) is 17.8 Å². The van der Waals surface area contributed by atoms with Crippen molar-refractivity contribution < 1.29 is 9.59 Å². The van der Waals surface area contributed by atoms with E-state index in [0.717, 1.165) is 43.0 Å². The van der Waals surface area contributed by atoms with E-state index in [1.165, 1.54) is 0 Å². The van der Waals surface area contributed by atoms with Crippen LogP contribution in [0.1, 0.15) is 67.5 Å². The molecular weight excluding hydrogens is 394 g/mol. The number of aromatic amines is 1. The van der Waals surface area contributed by atoms with Crippen LogP contribution in [0.15, 0.2) is 30.5 Å². The van der Waals surface area contributed by atoms with E-state index in [1.54, 1.807) is 0 Å². The van der Waals surface area contributed by atoms with Gasteiger partial charge in [-0.25, -0.2) is 0 Å². The summed E-state index contributed by atoms with van der Waals surface area (Å²) in [6.45, 7) is 2.07. The molecule has 1 saturated carbocycles. The highest BCUT2D eigenvalue weighted by Gasteiger charge is 2.34. The number of nitrogens with zero attached hydrogens (tertiary/aromatic N) is 4. The van der Waals surface area contributed by atoms with Crippen LogP contribution in [0.25, 0.3) is 10.9 Å². The maximum atomic E-state index is 13.2. The Morgan fingerprint density at radius 3 is 2.90 bits per heavy atom. The number of amides is 2. The van der Waals surface area contributed by atoms with Gasteiger partial charge < -0.3 is 15.2 Å². The molecule has 1 aromatic carbocycles. The molecule has 2 heterocycles. The molecule has 0 spiro atoms. The largest absolute Gasteiger partial charge is 0.351 e. The van der Waals surface area contributed by atoms with Gasteiger partial charge in [-0.05, 0) is 25.3 Å². The molecule has 2 aromatic heterocycles. The summed E-state index contributed by atoms with van der Waals surface area (Å²) in [5, 5.41) is 21.3. The van der Waals surface area contributed by atoms with E-state index < -0.39 is 6.04 Å². The van der Waals surface area contributed by atoms with Gasteiger partial charge in [0.15, 0.2) is 5.82 Å². The number of aromatic nitrogens is 5. The lowest BCUT2D eigenvalue weighted by Gasteiger charge is -2.23. The van der Waals surface area contributed by atoms with Crippen molar-refractivity contribution in [2.45, 2.75) is 63.5 Å². The van der Waals surface area contributed by atoms with Gasteiger partial charge in [-0.15, -0.1) is 10.2 Å². The van der Waals surface area contributed by atoms with Gasteiger partial charge in [0.25, 0.3) is 5.91 Å². The fraction of sp³-hybridized carbons (Fsp3) is 0.500. The van der Waals surface area contributed by atoms with Gasteiger partial charge >= 0.3 is 0 Å². The monoisotopic (exact) mass is 423 g/mol. The SMILES string of the molecule is CCCC[C@H](NC(=O)c1cn(C)c2ccccc12)C(=O)N[C@H]1CCC[C@H]1c1nn[nH]n1. The molecule has 3 atom stereocenters. The maximum Gasteiger partial charge on any atom is 0.254 e. The molecule has 1 aliphatic carbocycles. The number of hydrogen-bond donors (Lipinski definition) is 3. The number of unbranched alkanes of at least 4 members (excludes halogenated alkanes) is 1. The Bertz CT molecular complexity index is 1040. The molecule has 31 heavy (non-hydrogen) atoms. The molecule has 3 N–H and O–H groups in total. The Balaban J connectivity index is 1.48. The average molecular weight is 424 g/mol. The number of benzene rings is 1. The second-order valence-electron chi connectivity index (χ2n) is 8.26. The summed E-state index contributed by atoms with van der Waals surface area (Å²) in [5.41, 5.74) is 1.56. The molecule has 0 radical (unpaired) electrons. The number of carbonyl (C=O) groups is 2. The van der Waals surface area contributed by atoms with Gasteiger partial charge in [0.05, 0.1) is 5.56 Å². The summed E-state index contributed by atoms with van der Waals surface area (Å²) in [6, 6.07) is 7.13. The standard InChI is InChI=1S/C22H29N7O2/c1-3-4-10-18(22(31)23-17-11-7-9-15(17)20-25-27-28-26-20)24-21(30)16-13-29(2)19-12-6-5-8-14(16)19/h5-6,8,12-13,15,17-18H,3-4,7,9-11H2,1-2H3,(H,23,31)(H,24,30)(H,25,26,27,28)/t15-,17+,18+/m1/s1. The summed E-state index contributed by atoms with van der Waals surface area (Å²) >= 11 is 0. The van der Waals surface area contributed by atoms with E-state index in [4.69, 9.17) is 0 Å². The van der Waals surface area contributed by atoms with Crippen molar-refractivity contribution in [3.05, 3.63) is 41.9 Å². The van der Waals surface area contributed by atoms with Crippen molar-refractivity contribution in [2.24, 2.45) is 7.05 Å². The lowest BCUT2D eigenvalue weighted by atomic mass is 10.0. The minimum atomic E-state index is -0.585. The van der Waals surface area contributed by atoms with Crippen molar-refractivity contribution in [3.63, 3.8) is 0 Å². The lowest BCUT2D eigenvalue weighted by molar-refractivity contribution is -0.124. The van der Waals surface area contributed by atoms with E-state index in [-0.39, 0.29) is 23.8 Å². The zero-order chi connectivity index (χ0) is 21.8. The molecule has 4 rings (SSSR count). The van der Waals surface area contributed by atoms with Crippen LogP contribution < -0.4 is 10.6 Å². The Morgan fingerprint density at radius 2 is 2.13 bits per heavy atom. The van der Waals surface area contributed by atoms with Gasteiger partial charge in [-0.3, -0.25) is 9.59 Å². The first-order chi connectivity index (χ1) is 15.1. The van der Waals surface area contributed by atoms with Gasteiger partial charge in [0.1, 0.15) is 6.04 Å². The van der Waals surface area contributed by atoms with Crippen molar-refractivity contribution >= 4 is 22.7 Å². The summed E-state index contributed by atoms with van der Waals surface area (Å²) in [7, 11) is 1.92. The molecule has 1 aliphatic rings. The smallest absolute Gasteiger partial charge is 0.254 e. The highest BCUT2D eigenvalue weighted by Crippen LogP contribution is 2.32. The molecule has 9 nitrogen and oxygen atoms in total. The maximum absolute atomic E-state index is 13.2. The summed E-state index contributed by atoms with van der Waals surface area (Å²) in [4.78, 5) is 26.3. The third kappa shape index (κ3) is 4.45. The molecule has 0 aliphatic heterocycles. The number of carbonyl (C=O) groups excluding carboxylic acids is 2. The van der Waals surface area contributed by atoms with Gasteiger partial charge in [-0.2, -0.15) is 5.21 Å². The van der Waals surface area contributed by atoms with Crippen LogP contribution in [0, 0.1) is 0 Å². The first kappa shape index (κ1) is 21.0. The van der Waals surface area contributed by atoms with E-state index >= 15 is 0 Å². The Morgan fingerprint density at radius 1 is 1.29 bits per heavy atom. The second kappa shape index (κ2) is 9.28. The number of fused-ring (bicyclic) bond motifs is 1. The highest BCUT2D eigenvalue weighted by atomic mass is 16.2. The van der Waals surface area contributed by atoms with Crippen LogP contribution in [0.3, 0.4) is 0 Å². The minimum Gasteiger partial charge on any atom is -0.351 e. The van der Waals surface area contributed by atoms with Crippen molar-refractivity contribution in [1.82, 2.24) is 35.8 Å². The molecule has 3 aromatic rings. The van der Waals surface area contributed by atoms with Crippen LogP contribution >= 0.6 is 0 Å². The van der Waals surface area contributed by atoms with Crippen LogP contribution in [0.4, 0.5) is 0 Å². The van der Waals surface area contributed by atoms with Crippen LogP contribution in [-0.4, -0.2) is 49.1 Å². The molecule has 2 amide bonds. The van der Waals surface area contributed by atoms with Crippen LogP contribution in [0.5, 0.6) is 0 Å². The van der Waals surface area contributed by atoms with E-state index in [9.17, 15) is 9.59 Å². The third-order valence-electron chi connectivity index (χ3n) is 6.15. The number of tetrazole rings is 1. The zero-order valence-corrected chi connectivity index (χ0v) is 18.0. The van der Waals surface area contributed by atoms with E-state index in [2.05, 4.69) is 38.2 Å². The topological polar surface area (TPSA) is 118 Å². The predicted molar refractivity (Wildman–Crippen MR) is 116 cm³/mol. The number of hydrogen-bond acceptors (Lipinski definition) is 5. The van der Waals surface area contributed by atoms with Gasteiger partial charge in [0, 0.05) is 36.1 Å². The first-order valence-electron chi connectivity index (χ1n) is 11.0. The van der Waals surface area contributed by atoms with Gasteiger partial charge in [0.2, 0.25) is 5.91 Å². The molecule has 0 unspecified atom stereocenters. The van der Waals surface area contributed by atoms with Crippen LogP contribution in [0.2, 0.25) is 0 Å². The second-order valence-corrected chi connectivity index (χ2v) is 8.26. The summed E-state index contributed by atoms with van der Waals surface area (Å²) in [6.07, 6.45) is 6.98. The summed E-state index contributed by atoms with van der Waals surface area (Å²) < 4.78 is 1.93. The quantitative estimate of drug-likeness (QED) is 0.514. The number of rotatable bonds is 8. The highest BCUT2D eigenvalue weighted by molar-refractivity contribution is 6.08. The normalized spacial score (nSPS) is 19.4. The Labute approximate surface area is 181 Å². The van der Waals surface area contributed by atoms with Crippen molar-refractivity contribution in [2.75, 3.05) is 0 Å². The van der Waals surface area contributed by atoms with Crippen LogP contribution in [-0.2, 0) is 11.8 Å². The number of H-pyrrole nitrogens is 1. The molecular formula is C22H29N7O2. The Hall–Kier alpha value is -3.23.